The predicted molar refractivity (Wildman–Crippen MR) is 94.0 cm³/mol. The van der Waals surface area contributed by atoms with Crippen LogP contribution in [0.2, 0.25) is 0 Å². The van der Waals surface area contributed by atoms with Gasteiger partial charge in [-0.25, -0.2) is 0 Å². The first kappa shape index (κ1) is 17.9. The Hall–Kier alpha value is -2.94. The van der Waals surface area contributed by atoms with E-state index in [1.54, 1.807) is 12.3 Å². The smallest absolute Gasteiger partial charge is 0.326 e. The van der Waals surface area contributed by atoms with Crippen LogP contribution in [0.5, 0.6) is 5.75 Å². The first-order chi connectivity index (χ1) is 12.6. The van der Waals surface area contributed by atoms with Gasteiger partial charge in [0.2, 0.25) is 5.82 Å². The number of hydrogen-bond acceptors (Lipinski definition) is 8. The number of rotatable bonds is 7. The molecule has 0 saturated heterocycles. The van der Waals surface area contributed by atoms with Crippen LogP contribution in [-0.4, -0.2) is 27.3 Å². The summed E-state index contributed by atoms with van der Waals surface area (Å²) in [5.74, 6) is 0.605. The highest BCUT2D eigenvalue weighted by Gasteiger charge is 2.15. The maximum absolute atomic E-state index is 11.9. The molecular weight excluding hydrogens is 358 g/mol. The molecule has 0 unspecified atom stereocenters. The maximum atomic E-state index is 11.9. The van der Waals surface area contributed by atoms with E-state index in [0.29, 0.717) is 29.4 Å². The molecule has 3 rings (SSSR count). The van der Waals surface area contributed by atoms with Crippen molar-refractivity contribution < 1.29 is 18.8 Å². The van der Waals surface area contributed by atoms with Crippen molar-refractivity contribution >= 4 is 17.3 Å². The molecule has 2 aromatic heterocycles. The van der Waals surface area contributed by atoms with E-state index >= 15 is 0 Å². The second-order valence-electron chi connectivity index (χ2n) is 5.33. The summed E-state index contributed by atoms with van der Waals surface area (Å²) in [6.45, 7) is 3.84. The van der Waals surface area contributed by atoms with Crippen LogP contribution in [0.15, 0.2) is 39.0 Å². The van der Waals surface area contributed by atoms with Crippen molar-refractivity contribution in [3.05, 3.63) is 50.9 Å². The van der Waals surface area contributed by atoms with Crippen molar-refractivity contribution in [3.8, 4) is 17.1 Å². The van der Waals surface area contributed by atoms with Crippen molar-refractivity contribution in [2.24, 2.45) is 0 Å². The SMILES string of the molecule is CCOc1ccccc1-c1noc(COC(=O)Cn2c(C)csc2=O)n1. The Kier molecular flexibility index (Phi) is 5.47. The van der Waals surface area contributed by atoms with Gasteiger partial charge in [0, 0.05) is 11.1 Å². The predicted octanol–water partition coefficient (Wildman–Crippen LogP) is 2.41. The molecule has 2 heterocycles. The number of aryl methyl sites for hydroxylation is 1. The van der Waals surface area contributed by atoms with Crippen molar-refractivity contribution in [3.63, 3.8) is 0 Å². The highest BCUT2D eigenvalue weighted by molar-refractivity contribution is 7.07. The number of carbonyl (C=O) groups is 1. The van der Waals surface area contributed by atoms with Crippen molar-refractivity contribution in [2.45, 2.75) is 27.0 Å². The number of hydrogen-bond donors (Lipinski definition) is 0. The third kappa shape index (κ3) is 3.99. The van der Waals surface area contributed by atoms with E-state index < -0.39 is 5.97 Å². The lowest BCUT2D eigenvalue weighted by Crippen LogP contribution is -2.22. The Balaban J connectivity index is 1.64. The fraction of sp³-hybridized carbons (Fsp3) is 0.294. The topological polar surface area (TPSA) is 96.5 Å². The minimum atomic E-state index is -0.553. The fourth-order valence-electron chi connectivity index (χ4n) is 2.27. The molecule has 0 aliphatic carbocycles. The Morgan fingerprint density at radius 2 is 2.15 bits per heavy atom. The highest BCUT2D eigenvalue weighted by Crippen LogP contribution is 2.27. The lowest BCUT2D eigenvalue weighted by atomic mass is 10.2. The largest absolute Gasteiger partial charge is 0.493 e. The summed E-state index contributed by atoms with van der Waals surface area (Å²) in [4.78, 5) is 27.6. The van der Waals surface area contributed by atoms with Crippen molar-refractivity contribution in [2.75, 3.05) is 6.61 Å². The van der Waals surface area contributed by atoms with E-state index in [9.17, 15) is 9.59 Å². The maximum Gasteiger partial charge on any atom is 0.326 e. The molecule has 0 aliphatic heterocycles. The zero-order valence-electron chi connectivity index (χ0n) is 14.3. The molecule has 8 nitrogen and oxygen atoms in total. The van der Waals surface area contributed by atoms with Crippen LogP contribution in [0, 0.1) is 6.92 Å². The van der Waals surface area contributed by atoms with Gasteiger partial charge in [-0.3, -0.25) is 14.2 Å². The first-order valence-corrected chi connectivity index (χ1v) is 8.81. The molecule has 0 N–H and O–H groups in total. The monoisotopic (exact) mass is 375 g/mol. The molecule has 0 amide bonds. The lowest BCUT2D eigenvalue weighted by molar-refractivity contribution is -0.146. The van der Waals surface area contributed by atoms with E-state index in [0.717, 1.165) is 11.3 Å². The number of esters is 1. The van der Waals surface area contributed by atoms with Crippen molar-refractivity contribution in [1.82, 2.24) is 14.7 Å². The molecule has 0 spiro atoms. The van der Waals surface area contributed by atoms with Gasteiger partial charge in [-0.15, -0.1) is 0 Å². The summed E-state index contributed by atoms with van der Waals surface area (Å²) in [6, 6.07) is 7.33. The molecule has 0 radical (unpaired) electrons. The number of ether oxygens (including phenoxy) is 2. The van der Waals surface area contributed by atoms with Gasteiger partial charge in [0.25, 0.3) is 5.89 Å². The minimum Gasteiger partial charge on any atom is -0.493 e. The molecule has 0 saturated carbocycles. The van der Waals surface area contributed by atoms with Gasteiger partial charge < -0.3 is 14.0 Å². The lowest BCUT2D eigenvalue weighted by Gasteiger charge is -2.06. The summed E-state index contributed by atoms with van der Waals surface area (Å²) in [6.07, 6.45) is 0. The molecule has 3 aromatic rings. The second-order valence-corrected chi connectivity index (χ2v) is 6.15. The first-order valence-electron chi connectivity index (χ1n) is 7.93. The van der Waals surface area contributed by atoms with E-state index in [1.165, 1.54) is 4.57 Å². The zero-order chi connectivity index (χ0) is 18.5. The van der Waals surface area contributed by atoms with E-state index in [1.807, 2.05) is 31.2 Å². The van der Waals surface area contributed by atoms with E-state index in [2.05, 4.69) is 10.1 Å². The number of thiazole rings is 1. The Morgan fingerprint density at radius 3 is 2.88 bits per heavy atom. The summed E-state index contributed by atoms with van der Waals surface area (Å²) in [5, 5.41) is 5.59. The van der Waals surface area contributed by atoms with Gasteiger partial charge in [-0.1, -0.05) is 28.6 Å². The summed E-state index contributed by atoms with van der Waals surface area (Å²) in [7, 11) is 0. The highest BCUT2D eigenvalue weighted by atomic mass is 32.1. The third-order valence-electron chi connectivity index (χ3n) is 3.52. The van der Waals surface area contributed by atoms with Crippen LogP contribution in [0.3, 0.4) is 0 Å². The van der Waals surface area contributed by atoms with Crippen LogP contribution in [0.25, 0.3) is 11.4 Å². The average molecular weight is 375 g/mol. The Bertz CT molecular complexity index is 959. The van der Waals surface area contributed by atoms with Gasteiger partial charge >= 0.3 is 10.8 Å². The molecule has 0 atom stereocenters. The van der Waals surface area contributed by atoms with Crippen LogP contribution < -0.4 is 9.61 Å². The Labute approximate surface area is 153 Å². The van der Waals surface area contributed by atoms with Crippen LogP contribution >= 0.6 is 11.3 Å². The molecule has 26 heavy (non-hydrogen) atoms. The van der Waals surface area contributed by atoms with Crippen LogP contribution in [0.1, 0.15) is 18.5 Å². The average Bonchev–Trinajstić information content (AvgIpc) is 3.23. The summed E-state index contributed by atoms with van der Waals surface area (Å²) in [5.41, 5.74) is 1.40. The number of benzene rings is 1. The van der Waals surface area contributed by atoms with E-state index in [-0.39, 0.29) is 23.9 Å². The van der Waals surface area contributed by atoms with Crippen LogP contribution in [-0.2, 0) is 22.7 Å². The molecule has 0 bridgehead atoms. The zero-order valence-corrected chi connectivity index (χ0v) is 15.1. The van der Waals surface area contributed by atoms with Crippen molar-refractivity contribution in [1.29, 1.82) is 0 Å². The fourth-order valence-corrected chi connectivity index (χ4v) is 3.00. The number of carbonyl (C=O) groups excluding carboxylic acids is 1. The molecule has 0 aliphatic rings. The molecule has 136 valence electrons. The molecule has 1 aromatic carbocycles. The second kappa shape index (κ2) is 7.96. The third-order valence-corrected chi connectivity index (χ3v) is 4.40. The van der Waals surface area contributed by atoms with Crippen LogP contribution in [0.4, 0.5) is 0 Å². The normalized spacial score (nSPS) is 10.7. The molecular formula is C17H17N3O5S. The van der Waals surface area contributed by atoms with E-state index in [4.69, 9.17) is 14.0 Å². The van der Waals surface area contributed by atoms with Gasteiger partial charge in [0.05, 0.1) is 12.2 Å². The minimum absolute atomic E-state index is 0.150. The summed E-state index contributed by atoms with van der Waals surface area (Å²) >= 11 is 1.04. The number of nitrogens with zero attached hydrogens (tertiary/aromatic N) is 3. The quantitative estimate of drug-likeness (QED) is 0.585. The number of aromatic nitrogens is 3. The standard InChI is InChI=1S/C17H17N3O5S/c1-3-23-13-7-5-4-6-12(13)16-18-14(25-19-16)9-24-15(21)8-20-11(2)10-26-17(20)22/h4-7,10H,3,8-9H2,1-2H3. The molecule has 0 fully saturated rings. The Morgan fingerprint density at radius 1 is 1.35 bits per heavy atom. The van der Waals surface area contributed by atoms with Gasteiger partial charge in [0.15, 0.2) is 6.61 Å². The van der Waals surface area contributed by atoms with Gasteiger partial charge in [-0.2, -0.15) is 4.98 Å². The van der Waals surface area contributed by atoms with Gasteiger partial charge in [-0.05, 0) is 26.0 Å². The molecule has 9 heteroatoms. The summed E-state index contributed by atoms with van der Waals surface area (Å²) < 4.78 is 17.1. The van der Waals surface area contributed by atoms with Gasteiger partial charge in [0.1, 0.15) is 12.3 Å². The number of para-hydroxylation sites is 1.